The summed E-state index contributed by atoms with van der Waals surface area (Å²) < 4.78 is 17.4. The minimum atomic E-state index is -1.20. The summed E-state index contributed by atoms with van der Waals surface area (Å²) in [6.07, 6.45) is 11.9. The quantitative estimate of drug-likeness (QED) is 0.768. The average molecular weight is 442 g/mol. The molecular formula is C24H32FN5O2. The number of amides is 3. The molecule has 4 heterocycles. The molecule has 5 rings (SSSR count). The van der Waals surface area contributed by atoms with Crippen molar-refractivity contribution in [1.29, 1.82) is 0 Å². The van der Waals surface area contributed by atoms with E-state index in [4.69, 9.17) is 0 Å². The van der Waals surface area contributed by atoms with E-state index in [1.54, 1.807) is 10.7 Å². The number of rotatable bonds is 5. The Hall–Kier alpha value is -2.48. The molecule has 172 valence electrons. The van der Waals surface area contributed by atoms with Gasteiger partial charge >= 0.3 is 6.03 Å². The summed E-state index contributed by atoms with van der Waals surface area (Å²) in [6, 6.07) is 3.41. The molecule has 2 saturated heterocycles. The second-order valence-electron chi connectivity index (χ2n) is 9.78. The molecule has 0 unspecified atom stereocenters. The van der Waals surface area contributed by atoms with E-state index in [-0.39, 0.29) is 12.3 Å². The Morgan fingerprint density at radius 1 is 1.12 bits per heavy atom. The van der Waals surface area contributed by atoms with E-state index in [0.29, 0.717) is 31.5 Å². The third kappa shape index (κ3) is 4.51. The molecule has 3 fully saturated rings. The van der Waals surface area contributed by atoms with E-state index in [2.05, 4.69) is 15.3 Å². The van der Waals surface area contributed by atoms with Crippen LogP contribution in [0.25, 0.3) is 5.52 Å². The number of piperidine rings is 1. The van der Waals surface area contributed by atoms with Crippen molar-refractivity contribution in [2.75, 3.05) is 31.1 Å². The number of anilines is 1. The van der Waals surface area contributed by atoms with E-state index >= 15 is 4.39 Å². The molecule has 2 aliphatic heterocycles. The number of urea groups is 1. The third-order valence-corrected chi connectivity index (χ3v) is 7.42. The molecule has 0 bridgehead atoms. The lowest BCUT2D eigenvalue weighted by molar-refractivity contribution is -0.120. The van der Waals surface area contributed by atoms with E-state index in [9.17, 15) is 9.59 Å². The van der Waals surface area contributed by atoms with Crippen LogP contribution in [0.4, 0.5) is 14.9 Å². The van der Waals surface area contributed by atoms with Crippen molar-refractivity contribution < 1.29 is 14.0 Å². The topological polar surface area (TPSA) is 70.0 Å². The number of hydrogen-bond donors (Lipinski definition) is 1. The molecule has 0 spiro atoms. The van der Waals surface area contributed by atoms with Crippen molar-refractivity contribution in [3.63, 3.8) is 0 Å². The Kier molecular flexibility index (Phi) is 5.88. The van der Waals surface area contributed by atoms with Crippen LogP contribution in [0.15, 0.2) is 24.5 Å². The first-order valence-corrected chi connectivity index (χ1v) is 12.0. The van der Waals surface area contributed by atoms with Gasteiger partial charge in [-0.15, -0.1) is 0 Å². The SMILES string of the molecule is O=C1CCN(c2cnn3ccc(CC4(F)CCN(CC5CCCCC5)CC4)cc23)C(=O)N1. The van der Waals surface area contributed by atoms with Crippen LogP contribution in [0.2, 0.25) is 0 Å². The Morgan fingerprint density at radius 3 is 2.66 bits per heavy atom. The van der Waals surface area contributed by atoms with E-state index in [1.807, 2.05) is 18.3 Å². The number of aromatic nitrogens is 2. The predicted octanol–water partition coefficient (Wildman–Crippen LogP) is 3.71. The summed E-state index contributed by atoms with van der Waals surface area (Å²) in [5, 5.41) is 6.68. The number of nitrogens with one attached hydrogen (secondary N) is 1. The lowest BCUT2D eigenvalue weighted by atomic mass is 9.85. The molecule has 1 saturated carbocycles. The van der Waals surface area contributed by atoms with Crippen LogP contribution in [-0.2, 0) is 11.2 Å². The Morgan fingerprint density at radius 2 is 1.91 bits per heavy atom. The van der Waals surface area contributed by atoms with Gasteiger partial charge in [-0.25, -0.2) is 13.7 Å². The first-order valence-electron chi connectivity index (χ1n) is 12.0. The zero-order valence-corrected chi connectivity index (χ0v) is 18.6. The van der Waals surface area contributed by atoms with Crippen molar-refractivity contribution >= 4 is 23.1 Å². The first kappa shape index (κ1) is 21.4. The highest BCUT2D eigenvalue weighted by molar-refractivity contribution is 6.07. The summed E-state index contributed by atoms with van der Waals surface area (Å²) in [7, 11) is 0. The number of carbonyl (C=O) groups is 2. The highest BCUT2D eigenvalue weighted by Gasteiger charge is 2.35. The zero-order chi connectivity index (χ0) is 22.1. The van der Waals surface area contributed by atoms with Crippen LogP contribution in [0.5, 0.6) is 0 Å². The van der Waals surface area contributed by atoms with Crippen LogP contribution < -0.4 is 10.2 Å². The van der Waals surface area contributed by atoms with Crippen LogP contribution in [0, 0.1) is 5.92 Å². The van der Waals surface area contributed by atoms with Gasteiger partial charge in [0.15, 0.2) is 0 Å². The molecule has 0 atom stereocenters. The molecule has 0 radical (unpaired) electrons. The van der Waals surface area contributed by atoms with E-state index in [0.717, 1.165) is 36.6 Å². The summed E-state index contributed by atoms with van der Waals surface area (Å²) in [4.78, 5) is 27.7. The number of likely N-dealkylation sites (tertiary alicyclic amines) is 1. The second kappa shape index (κ2) is 8.81. The van der Waals surface area contributed by atoms with Gasteiger partial charge in [0.1, 0.15) is 5.67 Å². The van der Waals surface area contributed by atoms with Gasteiger partial charge in [0.05, 0.1) is 17.4 Å². The van der Waals surface area contributed by atoms with Crippen LogP contribution in [0.1, 0.15) is 56.9 Å². The Balaban J connectivity index is 1.25. The van der Waals surface area contributed by atoms with Gasteiger partial charge in [-0.2, -0.15) is 5.10 Å². The van der Waals surface area contributed by atoms with Gasteiger partial charge in [-0.05, 0) is 49.3 Å². The smallest absolute Gasteiger partial charge is 0.303 e. The number of carbonyl (C=O) groups excluding carboxylic acids is 2. The van der Waals surface area contributed by atoms with Gasteiger partial charge in [0.25, 0.3) is 0 Å². The summed E-state index contributed by atoms with van der Waals surface area (Å²) >= 11 is 0. The molecular weight excluding hydrogens is 409 g/mol. The molecule has 2 aromatic heterocycles. The lowest BCUT2D eigenvalue weighted by Gasteiger charge is -2.38. The second-order valence-corrected chi connectivity index (χ2v) is 9.78. The lowest BCUT2D eigenvalue weighted by Crippen LogP contribution is -2.49. The number of nitrogens with zero attached hydrogens (tertiary/aromatic N) is 4. The fraction of sp³-hybridized carbons (Fsp3) is 0.625. The molecule has 3 aliphatic rings. The first-order chi connectivity index (χ1) is 15.5. The van der Waals surface area contributed by atoms with Crippen molar-refractivity contribution in [1.82, 2.24) is 19.8 Å². The number of imide groups is 1. The molecule has 7 nitrogen and oxygen atoms in total. The van der Waals surface area contributed by atoms with E-state index in [1.165, 1.54) is 37.0 Å². The normalized spacial score (nSPS) is 23.0. The number of fused-ring (bicyclic) bond motifs is 1. The predicted molar refractivity (Wildman–Crippen MR) is 120 cm³/mol. The monoisotopic (exact) mass is 441 g/mol. The molecule has 1 N–H and O–H groups in total. The molecule has 1 aliphatic carbocycles. The van der Waals surface area contributed by atoms with Gasteiger partial charge < -0.3 is 4.90 Å². The molecule has 3 amide bonds. The molecule has 2 aromatic rings. The van der Waals surface area contributed by atoms with E-state index < -0.39 is 11.7 Å². The largest absolute Gasteiger partial charge is 0.328 e. The average Bonchev–Trinajstić information content (AvgIpc) is 3.19. The third-order valence-electron chi connectivity index (χ3n) is 7.42. The molecule has 8 heteroatoms. The fourth-order valence-electron chi connectivity index (χ4n) is 5.54. The van der Waals surface area contributed by atoms with Gasteiger partial charge in [-0.1, -0.05) is 19.3 Å². The number of halogens is 1. The molecule has 32 heavy (non-hydrogen) atoms. The minimum Gasteiger partial charge on any atom is -0.303 e. The Labute approximate surface area is 187 Å². The maximum atomic E-state index is 15.7. The highest BCUT2D eigenvalue weighted by atomic mass is 19.1. The zero-order valence-electron chi connectivity index (χ0n) is 18.6. The molecule has 0 aromatic carbocycles. The number of pyridine rings is 1. The maximum absolute atomic E-state index is 15.7. The van der Waals surface area contributed by atoms with Crippen molar-refractivity contribution in [2.24, 2.45) is 5.92 Å². The minimum absolute atomic E-state index is 0.258. The van der Waals surface area contributed by atoms with Gasteiger partial charge in [0, 0.05) is 45.2 Å². The summed E-state index contributed by atoms with van der Waals surface area (Å²) in [5.41, 5.74) is 1.12. The number of alkyl halides is 1. The van der Waals surface area contributed by atoms with Gasteiger partial charge in [0.2, 0.25) is 5.91 Å². The van der Waals surface area contributed by atoms with Crippen LogP contribution in [-0.4, -0.2) is 58.3 Å². The van der Waals surface area contributed by atoms with Crippen molar-refractivity contribution in [3.8, 4) is 0 Å². The summed E-state index contributed by atoms with van der Waals surface area (Å²) in [6.45, 7) is 3.10. The Bertz CT molecular complexity index is 991. The van der Waals surface area contributed by atoms with Gasteiger partial charge in [-0.3, -0.25) is 15.0 Å². The summed E-state index contributed by atoms with van der Waals surface area (Å²) in [5.74, 6) is 0.526. The van der Waals surface area contributed by atoms with Crippen molar-refractivity contribution in [3.05, 3.63) is 30.1 Å². The van der Waals surface area contributed by atoms with Crippen LogP contribution >= 0.6 is 0 Å². The maximum Gasteiger partial charge on any atom is 0.328 e. The van der Waals surface area contributed by atoms with Crippen LogP contribution in [0.3, 0.4) is 0 Å². The fourth-order valence-corrected chi connectivity index (χ4v) is 5.54. The number of hydrogen-bond acceptors (Lipinski definition) is 4. The highest BCUT2D eigenvalue weighted by Crippen LogP contribution is 2.33. The standard InChI is InChI=1S/C24H32FN5O2/c25-24(8-12-28(13-9-24)17-18-4-2-1-3-5-18)15-19-6-11-30-20(14-19)21(16-26-30)29-10-7-22(31)27-23(29)32/h6,11,14,16,18H,1-5,7-10,12-13,15,17H2,(H,27,31,32). The van der Waals surface area contributed by atoms with Crippen molar-refractivity contribution in [2.45, 2.75) is 63.5 Å².